The van der Waals surface area contributed by atoms with E-state index < -0.39 is 0 Å². The number of benzene rings is 1. The van der Waals surface area contributed by atoms with Crippen molar-refractivity contribution in [1.29, 1.82) is 0 Å². The molecule has 1 N–H and O–H groups in total. The molecule has 0 radical (unpaired) electrons. The van der Waals surface area contributed by atoms with Gasteiger partial charge < -0.3 is 14.8 Å². The van der Waals surface area contributed by atoms with E-state index in [9.17, 15) is 4.79 Å². The molecular formula is C17H13N3O3. The zero-order valence-corrected chi connectivity index (χ0v) is 12.2. The molecule has 1 aliphatic heterocycles. The molecule has 1 amide bonds. The first kappa shape index (κ1) is 13.5. The topological polar surface area (TPSA) is 73.3 Å². The van der Waals surface area contributed by atoms with Crippen molar-refractivity contribution in [3.05, 3.63) is 60.0 Å². The third kappa shape index (κ3) is 2.55. The van der Waals surface area contributed by atoms with Crippen LogP contribution in [0.15, 0.2) is 48.8 Å². The first-order valence-electron chi connectivity index (χ1n) is 7.18. The largest absolute Gasteiger partial charge is 0.454 e. The predicted molar refractivity (Wildman–Crippen MR) is 83.3 cm³/mol. The number of ether oxygens (including phenoxy) is 2. The van der Waals surface area contributed by atoms with E-state index in [2.05, 4.69) is 15.3 Å². The van der Waals surface area contributed by atoms with E-state index in [-0.39, 0.29) is 12.7 Å². The molecule has 0 fully saturated rings. The van der Waals surface area contributed by atoms with E-state index in [0.29, 0.717) is 23.7 Å². The molecule has 0 saturated carbocycles. The number of para-hydroxylation sites is 1. The fourth-order valence-electron chi connectivity index (χ4n) is 2.49. The highest BCUT2D eigenvalue weighted by atomic mass is 16.7. The van der Waals surface area contributed by atoms with E-state index in [1.165, 1.54) is 0 Å². The molecule has 0 aliphatic carbocycles. The lowest BCUT2D eigenvalue weighted by Gasteiger charge is -2.08. The number of pyridine rings is 2. The summed E-state index contributed by atoms with van der Waals surface area (Å²) in [5, 5.41) is 3.76. The van der Waals surface area contributed by atoms with Gasteiger partial charge in [0.15, 0.2) is 11.5 Å². The summed E-state index contributed by atoms with van der Waals surface area (Å²) in [7, 11) is 0. The number of amides is 1. The van der Waals surface area contributed by atoms with Crippen molar-refractivity contribution in [3.63, 3.8) is 0 Å². The minimum absolute atomic E-state index is 0.209. The van der Waals surface area contributed by atoms with Gasteiger partial charge in [0.05, 0.1) is 5.52 Å². The molecule has 0 saturated heterocycles. The fraction of sp³-hybridized carbons (Fsp3) is 0.118. The van der Waals surface area contributed by atoms with Gasteiger partial charge in [0.1, 0.15) is 5.69 Å². The number of nitrogens with one attached hydrogen (secondary N) is 1. The molecule has 0 bridgehead atoms. The van der Waals surface area contributed by atoms with E-state index in [1.54, 1.807) is 24.5 Å². The Labute approximate surface area is 132 Å². The summed E-state index contributed by atoms with van der Waals surface area (Å²) >= 11 is 0. The van der Waals surface area contributed by atoms with Gasteiger partial charge in [-0.1, -0.05) is 12.1 Å². The zero-order valence-electron chi connectivity index (χ0n) is 12.2. The van der Waals surface area contributed by atoms with Crippen LogP contribution >= 0.6 is 0 Å². The molecule has 6 heteroatoms. The molecule has 1 aliphatic rings. The number of hydrogen-bond donors (Lipinski definition) is 1. The second-order valence-electron chi connectivity index (χ2n) is 5.10. The molecule has 0 unspecified atom stereocenters. The maximum absolute atomic E-state index is 12.3. The van der Waals surface area contributed by atoms with Crippen LogP contribution in [-0.4, -0.2) is 22.7 Å². The van der Waals surface area contributed by atoms with Gasteiger partial charge in [-0.3, -0.25) is 9.78 Å². The van der Waals surface area contributed by atoms with Crippen LogP contribution in [0.5, 0.6) is 11.5 Å². The summed E-state index contributed by atoms with van der Waals surface area (Å²) < 4.78 is 10.8. The van der Waals surface area contributed by atoms with Crippen molar-refractivity contribution in [2.24, 2.45) is 0 Å². The van der Waals surface area contributed by atoms with Crippen LogP contribution in [0.4, 0.5) is 0 Å². The van der Waals surface area contributed by atoms with Gasteiger partial charge >= 0.3 is 0 Å². The molecule has 6 nitrogen and oxygen atoms in total. The van der Waals surface area contributed by atoms with Crippen molar-refractivity contribution in [3.8, 4) is 11.5 Å². The third-order valence-electron chi connectivity index (χ3n) is 3.64. The Morgan fingerprint density at radius 2 is 2.13 bits per heavy atom. The van der Waals surface area contributed by atoms with Gasteiger partial charge in [-0.25, -0.2) is 4.98 Å². The van der Waals surface area contributed by atoms with Crippen molar-refractivity contribution in [2.75, 3.05) is 6.79 Å². The van der Waals surface area contributed by atoms with Gasteiger partial charge in [-0.05, 0) is 24.3 Å². The summed E-state index contributed by atoms with van der Waals surface area (Å²) in [6, 6.07) is 10.9. The molecule has 0 spiro atoms. The summed E-state index contributed by atoms with van der Waals surface area (Å²) in [6.45, 7) is 0.558. The lowest BCUT2D eigenvalue weighted by molar-refractivity contribution is 0.0946. The van der Waals surface area contributed by atoms with E-state index in [4.69, 9.17) is 9.47 Å². The maximum Gasteiger partial charge on any atom is 0.270 e. The number of fused-ring (bicyclic) bond motifs is 2. The monoisotopic (exact) mass is 307 g/mol. The summed E-state index contributed by atoms with van der Waals surface area (Å²) in [4.78, 5) is 20.7. The van der Waals surface area contributed by atoms with Gasteiger partial charge in [-0.15, -0.1) is 0 Å². The van der Waals surface area contributed by atoms with Gasteiger partial charge in [0, 0.05) is 29.9 Å². The lowest BCUT2D eigenvalue weighted by Crippen LogP contribution is -2.24. The molecule has 23 heavy (non-hydrogen) atoms. The summed E-state index contributed by atoms with van der Waals surface area (Å²) in [6.07, 6.45) is 3.37. The van der Waals surface area contributed by atoms with Crippen molar-refractivity contribution in [1.82, 2.24) is 15.3 Å². The molecule has 0 atom stereocenters. The van der Waals surface area contributed by atoms with Crippen LogP contribution in [0.25, 0.3) is 10.9 Å². The zero-order chi connectivity index (χ0) is 15.6. The Kier molecular flexibility index (Phi) is 3.27. The number of nitrogens with zero attached hydrogens (tertiary/aromatic N) is 2. The maximum atomic E-state index is 12.3. The average Bonchev–Trinajstić information content (AvgIpc) is 3.08. The second kappa shape index (κ2) is 5.57. The highest BCUT2D eigenvalue weighted by Crippen LogP contribution is 2.35. The van der Waals surface area contributed by atoms with E-state index in [0.717, 1.165) is 16.5 Å². The van der Waals surface area contributed by atoms with Crippen LogP contribution < -0.4 is 14.8 Å². The lowest BCUT2D eigenvalue weighted by atomic mass is 10.2. The first-order valence-corrected chi connectivity index (χ1v) is 7.18. The highest BCUT2D eigenvalue weighted by molar-refractivity contribution is 5.94. The predicted octanol–water partition coefficient (Wildman–Crippen LogP) is 2.29. The highest BCUT2D eigenvalue weighted by Gasteiger charge is 2.17. The van der Waals surface area contributed by atoms with Crippen LogP contribution in [0.2, 0.25) is 0 Å². The number of carbonyl (C=O) groups excluding carboxylic acids is 1. The normalized spacial score (nSPS) is 12.3. The molecule has 3 heterocycles. The van der Waals surface area contributed by atoms with Gasteiger partial charge in [0.2, 0.25) is 6.79 Å². The molecule has 114 valence electrons. The first-order chi connectivity index (χ1) is 11.3. The van der Waals surface area contributed by atoms with Crippen molar-refractivity contribution in [2.45, 2.75) is 6.54 Å². The molecule has 3 aromatic rings. The summed E-state index contributed by atoms with van der Waals surface area (Å²) in [5.41, 5.74) is 1.98. The van der Waals surface area contributed by atoms with Crippen LogP contribution in [-0.2, 0) is 6.54 Å². The quantitative estimate of drug-likeness (QED) is 0.803. The summed E-state index contributed by atoms with van der Waals surface area (Å²) in [5.74, 6) is 1.15. The molecule has 1 aromatic carbocycles. The molecular weight excluding hydrogens is 294 g/mol. The fourth-order valence-corrected chi connectivity index (χ4v) is 2.49. The van der Waals surface area contributed by atoms with Gasteiger partial charge in [0.25, 0.3) is 5.91 Å². The standard InChI is InChI=1S/C17H13N3O3/c21-17(14-5-4-11-8-18-7-6-13(11)20-14)19-9-12-2-1-3-15-16(12)23-10-22-15/h1-8H,9-10H2,(H,19,21). The molecule has 4 rings (SSSR count). The average molecular weight is 307 g/mol. The van der Waals surface area contributed by atoms with Crippen LogP contribution in [0.3, 0.4) is 0 Å². The third-order valence-corrected chi connectivity index (χ3v) is 3.64. The van der Waals surface area contributed by atoms with Crippen molar-refractivity contribution < 1.29 is 14.3 Å². The minimum atomic E-state index is -0.236. The Morgan fingerprint density at radius 1 is 1.17 bits per heavy atom. The van der Waals surface area contributed by atoms with E-state index in [1.807, 2.05) is 24.3 Å². The Bertz CT molecular complexity index is 895. The minimum Gasteiger partial charge on any atom is -0.454 e. The smallest absolute Gasteiger partial charge is 0.270 e. The number of aromatic nitrogens is 2. The Balaban J connectivity index is 1.52. The van der Waals surface area contributed by atoms with Gasteiger partial charge in [-0.2, -0.15) is 0 Å². The number of hydrogen-bond acceptors (Lipinski definition) is 5. The second-order valence-corrected chi connectivity index (χ2v) is 5.10. The SMILES string of the molecule is O=C(NCc1cccc2c1OCO2)c1ccc2cnccc2n1. The van der Waals surface area contributed by atoms with Crippen molar-refractivity contribution >= 4 is 16.8 Å². The van der Waals surface area contributed by atoms with E-state index >= 15 is 0 Å². The Morgan fingerprint density at radius 3 is 3.09 bits per heavy atom. The van der Waals surface area contributed by atoms with Crippen LogP contribution in [0, 0.1) is 0 Å². The number of rotatable bonds is 3. The Hall–Kier alpha value is -3.15. The molecule has 2 aromatic heterocycles. The number of carbonyl (C=O) groups is 1. The van der Waals surface area contributed by atoms with Crippen LogP contribution in [0.1, 0.15) is 16.1 Å².